The smallest absolute Gasteiger partial charge is 0.240 e. The van der Waals surface area contributed by atoms with Crippen LogP contribution in [0.25, 0.3) is 0 Å². The summed E-state index contributed by atoms with van der Waals surface area (Å²) in [7, 11) is 0. The van der Waals surface area contributed by atoms with Crippen molar-refractivity contribution in [1.29, 1.82) is 0 Å². The van der Waals surface area contributed by atoms with Gasteiger partial charge < -0.3 is 4.90 Å². The molecular weight excluding hydrogens is 276 g/mol. The maximum atomic E-state index is 12.5. The van der Waals surface area contributed by atoms with Gasteiger partial charge >= 0.3 is 0 Å². The van der Waals surface area contributed by atoms with E-state index in [0.29, 0.717) is 6.54 Å². The molecule has 19 heavy (non-hydrogen) atoms. The zero-order chi connectivity index (χ0) is 13.7. The molecule has 0 bridgehead atoms. The fourth-order valence-electron chi connectivity index (χ4n) is 1.70. The lowest BCUT2D eigenvalue weighted by atomic mass is 10.2. The van der Waals surface area contributed by atoms with Crippen molar-refractivity contribution < 1.29 is 4.79 Å². The first kappa shape index (κ1) is 14.1. The van der Waals surface area contributed by atoms with Gasteiger partial charge in [0, 0.05) is 6.20 Å². The van der Waals surface area contributed by atoms with E-state index in [0.717, 1.165) is 11.3 Å². The van der Waals surface area contributed by atoms with Crippen molar-refractivity contribution in [1.82, 2.24) is 4.98 Å². The summed E-state index contributed by atoms with van der Waals surface area (Å²) in [5.41, 5.74) is 2.00. The van der Waals surface area contributed by atoms with E-state index < -0.39 is 0 Å². The summed E-state index contributed by atoms with van der Waals surface area (Å²) >= 11 is 3.20. The monoisotopic (exact) mass is 292 g/mol. The van der Waals surface area contributed by atoms with Crippen molar-refractivity contribution in [2.75, 3.05) is 11.2 Å². The Bertz CT molecular complexity index is 514. The van der Waals surface area contributed by atoms with Crippen LogP contribution in [0.2, 0.25) is 0 Å². The Morgan fingerprint density at radius 1 is 1.53 bits per heavy atom. The van der Waals surface area contributed by atoms with Crippen LogP contribution >= 0.6 is 23.1 Å². The highest BCUT2D eigenvalue weighted by Gasteiger charge is 2.21. The lowest BCUT2D eigenvalue weighted by molar-refractivity contribution is -0.118. The van der Waals surface area contributed by atoms with Crippen molar-refractivity contribution in [2.45, 2.75) is 18.7 Å². The Morgan fingerprint density at radius 2 is 2.37 bits per heavy atom. The van der Waals surface area contributed by atoms with E-state index in [4.69, 9.17) is 0 Å². The molecule has 0 aliphatic heterocycles. The number of nitrogens with zero attached hydrogens (tertiary/aromatic N) is 2. The largest absolute Gasteiger partial charge is 0.305 e. The van der Waals surface area contributed by atoms with E-state index in [9.17, 15) is 4.79 Å². The first-order chi connectivity index (χ1) is 9.22. The highest BCUT2D eigenvalue weighted by molar-refractivity contribution is 7.99. The number of carbonyl (C=O) groups is 1. The average molecular weight is 292 g/mol. The summed E-state index contributed by atoms with van der Waals surface area (Å²) in [6, 6.07) is 5.82. The number of hydrogen-bond acceptors (Lipinski definition) is 4. The number of hydrogen-bond donors (Lipinski definition) is 0. The molecule has 2 aromatic rings. The fraction of sp³-hybridized carbons (Fsp3) is 0.286. The fourth-order valence-corrected chi connectivity index (χ4v) is 2.68. The van der Waals surface area contributed by atoms with Crippen molar-refractivity contribution in [2.24, 2.45) is 0 Å². The van der Waals surface area contributed by atoms with Gasteiger partial charge in [0.15, 0.2) is 0 Å². The minimum absolute atomic E-state index is 0.0566. The zero-order valence-electron chi connectivity index (χ0n) is 10.9. The highest BCUT2D eigenvalue weighted by Crippen LogP contribution is 2.21. The maximum Gasteiger partial charge on any atom is 0.240 e. The number of carbonyl (C=O) groups excluding carboxylic acids is 1. The van der Waals surface area contributed by atoms with Gasteiger partial charge in [-0.1, -0.05) is 0 Å². The molecular formula is C14H16N2OS2. The van der Waals surface area contributed by atoms with Gasteiger partial charge in [-0.2, -0.15) is 23.1 Å². The van der Waals surface area contributed by atoms with Crippen LogP contribution in [0, 0.1) is 0 Å². The van der Waals surface area contributed by atoms with Gasteiger partial charge in [0.05, 0.1) is 23.7 Å². The minimum Gasteiger partial charge on any atom is -0.305 e. The number of pyridine rings is 1. The standard InChI is InChI=1S/C14H16N2OS2/c1-11(18-2)14(17)16(9-12-5-7-19-10-12)13-4-3-6-15-8-13/h3-8,10-11H,9H2,1-2H3/t11-/m0/s1. The third kappa shape index (κ3) is 3.58. The minimum atomic E-state index is -0.0566. The second kappa shape index (κ2) is 6.73. The van der Waals surface area contributed by atoms with Crippen molar-refractivity contribution in [3.8, 4) is 0 Å². The van der Waals surface area contributed by atoms with Crippen LogP contribution in [-0.4, -0.2) is 22.4 Å². The Kier molecular flexibility index (Phi) is 4.99. The van der Waals surface area contributed by atoms with E-state index in [1.165, 1.54) is 0 Å². The number of thiophene rings is 1. The Morgan fingerprint density at radius 3 is 2.95 bits per heavy atom. The van der Waals surface area contributed by atoms with Gasteiger partial charge in [0.25, 0.3) is 0 Å². The van der Waals surface area contributed by atoms with E-state index in [2.05, 4.69) is 10.4 Å². The van der Waals surface area contributed by atoms with E-state index >= 15 is 0 Å². The Balaban J connectivity index is 2.25. The first-order valence-electron chi connectivity index (χ1n) is 5.97. The number of anilines is 1. The molecule has 0 spiro atoms. The molecule has 0 aliphatic rings. The van der Waals surface area contributed by atoms with Gasteiger partial charge in [-0.25, -0.2) is 0 Å². The van der Waals surface area contributed by atoms with Gasteiger partial charge in [0.1, 0.15) is 0 Å². The van der Waals surface area contributed by atoms with Crippen LogP contribution in [0.15, 0.2) is 41.4 Å². The topological polar surface area (TPSA) is 33.2 Å². The molecule has 2 aromatic heterocycles. The van der Waals surface area contributed by atoms with Crippen molar-refractivity contribution in [3.63, 3.8) is 0 Å². The Labute approximate surface area is 121 Å². The lowest BCUT2D eigenvalue weighted by Crippen LogP contribution is -2.36. The van der Waals surface area contributed by atoms with Gasteiger partial charge in [-0.05, 0) is 47.7 Å². The summed E-state index contributed by atoms with van der Waals surface area (Å²) in [5, 5.41) is 4.04. The number of rotatable bonds is 5. The third-order valence-electron chi connectivity index (χ3n) is 2.85. The molecule has 0 saturated heterocycles. The van der Waals surface area contributed by atoms with Gasteiger partial charge in [0.2, 0.25) is 5.91 Å². The molecule has 0 radical (unpaired) electrons. The molecule has 3 nitrogen and oxygen atoms in total. The maximum absolute atomic E-state index is 12.5. The van der Waals surface area contributed by atoms with Crippen LogP contribution in [-0.2, 0) is 11.3 Å². The van der Waals surface area contributed by atoms with Crippen LogP contribution < -0.4 is 4.90 Å². The van der Waals surface area contributed by atoms with Crippen molar-refractivity contribution in [3.05, 3.63) is 46.9 Å². The van der Waals surface area contributed by atoms with E-state index in [-0.39, 0.29) is 11.2 Å². The quantitative estimate of drug-likeness (QED) is 0.846. The van der Waals surface area contributed by atoms with Gasteiger partial charge in [-0.15, -0.1) is 0 Å². The summed E-state index contributed by atoms with van der Waals surface area (Å²) in [6.45, 7) is 2.53. The normalized spacial score (nSPS) is 12.1. The summed E-state index contributed by atoms with van der Waals surface area (Å²) in [6.07, 6.45) is 5.40. The molecule has 5 heteroatoms. The third-order valence-corrected chi connectivity index (χ3v) is 4.49. The van der Waals surface area contributed by atoms with Crippen molar-refractivity contribution >= 4 is 34.7 Å². The summed E-state index contributed by atoms with van der Waals surface area (Å²) in [4.78, 5) is 18.4. The molecule has 2 rings (SSSR count). The molecule has 1 atom stereocenters. The summed E-state index contributed by atoms with van der Waals surface area (Å²) in [5.74, 6) is 0.117. The molecule has 1 amide bonds. The van der Waals surface area contributed by atoms with Crippen LogP contribution in [0.4, 0.5) is 5.69 Å². The molecule has 0 N–H and O–H groups in total. The van der Waals surface area contributed by atoms with Gasteiger partial charge in [-0.3, -0.25) is 9.78 Å². The molecule has 2 heterocycles. The van der Waals surface area contributed by atoms with Crippen LogP contribution in [0.5, 0.6) is 0 Å². The SMILES string of the molecule is CS[C@@H](C)C(=O)N(Cc1ccsc1)c1cccnc1. The molecule has 0 unspecified atom stereocenters. The first-order valence-corrected chi connectivity index (χ1v) is 8.20. The molecule has 0 aliphatic carbocycles. The summed E-state index contributed by atoms with van der Waals surface area (Å²) < 4.78 is 0. The Hall–Kier alpha value is -1.33. The zero-order valence-corrected chi connectivity index (χ0v) is 12.6. The molecule has 0 aromatic carbocycles. The number of aromatic nitrogens is 1. The second-order valence-electron chi connectivity index (χ2n) is 4.15. The van der Waals surface area contributed by atoms with E-state index in [1.807, 2.05) is 36.8 Å². The lowest BCUT2D eigenvalue weighted by Gasteiger charge is -2.24. The predicted molar refractivity (Wildman–Crippen MR) is 82.7 cm³/mol. The number of amides is 1. The second-order valence-corrected chi connectivity index (χ2v) is 6.10. The van der Waals surface area contributed by atoms with E-state index in [1.54, 1.807) is 40.4 Å². The number of thioether (sulfide) groups is 1. The molecule has 0 saturated carbocycles. The molecule has 100 valence electrons. The average Bonchev–Trinajstić information content (AvgIpc) is 2.97. The highest BCUT2D eigenvalue weighted by atomic mass is 32.2. The van der Waals surface area contributed by atoms with Crippen LogP contribution in [0.1, 0.15) is 12.5 Å². The predicted octanol–water partition coefficient (Wildman–Crippen LogP) is 3.43. The molecule has 0 fully saturated rings. The van der Waals surface area contributed by atoms with Crippen LogP contribution in [0.3, 0.4) is 0 Å².